The van der Waals surface area contributed by atoms with Gasteiger partial charge in [-0.05, 0) is 45.2 Å². The summed E-state index contributed by atoms with van der Waals surface area (Å²) in [7, 11) is 0. The van der Waals surface area contributed by atoms with Gasteiger partial charge in [-0.25, -0.2) is 4.79 Å². The Morgan fingerprint density at radius 1 is 1.37 bits per heavy atom. The Morgan fingerprint density at radius 2 is 2.15 bits per heavy atom. The van der Waals surface area contributed by atoms with Crippen molar-refractivity contribution in [2.24, 2.45) is 5.92 Å². The second-order valence-electron chi connectivity index (χ2n) is 7.69. The van der Waals surface area contributed by atoms with Gasteiger partial charge in [0.2, 0.25) is 0 Å². The summed E-state index contributed by atoms with van der Waals surface area (Å²) < 4.78 is 13.0. The molecule has 0 radical (unpaired) electrons. The van der Waals surface area contributed by atoms with Crippen molar-refractivity contribution in [2.75, 3.05) is 13.1 Å². The number of aromatic nitrogens is 2. The minimum absolute atomic E-state index is 0.261. The first-order valence-corrected chi connectivity index (χ1v) is 9.01. The van der Waals surface area contributed by atoms with Crippen molar-refractivity contribution >= 4 is 6.09 Å². The van der Waals surface area contributed by atoms with Crippen LogP contribution in [0.25, 0.3) is 0 Å². The molecular weight excluding hydrogens is 344 g/mol. The number of para-hydroxylation sites is 1. The average Bonchev–Trinajstić information content (AvgIpc) is 3.24. The SMILES string of the molecule is CC(C)(C)OC(=O)N1CCC(Cn2cc(Oc3ccccc3C#N)cn2)C1. The first-order chi connectivity index (χ1) is 12.8. The van der Waals surface area contributed by atoms with Gasteiger partial charge in [0.1, 0.15) is 17.4 Å². The Kier molecular flexibility index (Phi) is 5.36. The minimum atomic E-state index is -0.483. The second kappa shape index (κ2) is 7.70. The number of likely N-dealkylation sites (tertiary alicyclic amines) is 1. The molecule has 0 bridgehead atoms. The number of carbonyl (C=O) groups is 1. The largest absolute Gasteiger partial charge is 0.453 e. The van der Waals surface area contributed by atoms with Gasteiger partial charge in [0, 0.05) is 19.6 Å². The second-order valence-corrected chi connectivity index (χ2v) is 7.69. The average molecular weight is 368 g/mol. The summed E-state index contributed by atoms with van der Waals surface area (Å²) in [5.41, 5.74) is -0.00243. The van der Waals surface area contributed by atoms with Crippen molar-refractivity contribution in [1.82, 2.24) is 14.7 Å². The van der Waals surface area contributed by atoms with Crippen molar-refractivity contribution in [2.45, 2.75) is 39.3 Å². The maximum absolute atomic E-state index is 12.2. The molecule has 1 atom stereocenters. The van der Waals surface area contributed by atoms with Gasteiger partial charge < -0.3 is 14.4 Å². The van der Waals surface area contributed by atoms with Crippen molar-refractivity contribution in [3.63, 3.8) is 0 Å². The third-order valence-electron chi connectivity index (χ3n) is 4.23. The highest BCUT2D eigenvalue weighted by molar-refractivity contribution is 5.68. The number of nitriles is 1. The van der Waals surface area contributed by atoms with Crippen molar-refractivity contribution in [3.05, 3.63) is 42.2 Å². The van der Waals surface area contributed by atoms with Gasteiger partial charge in [0.15, 0.2) is 5.75 Å². The lowest BCUT2D eigenvalue weighted by atomic mass is 10.1. The molecule has 27 heavy (non-hydrogen) atoms. The number of benzene rings is 1. The molecule has 1 aliphatic rings. The highest BCUT2D eigenvalue weighted by atomic mass is 16.6. The van der Waals surface area contributed by atoms with Crippen LogP contribution in [0.3, 0.4) is 0 Å². The van der Waals surface area contributed by atoms with E-state index in [1.54, 1.807) is 29.3 Å². The van der Waals surface area contributed by atoms with E-state index in [1.807, 2.05) is 37.7 Å². The monoisotopic (exact) mass is 368 g/mol. The summed E-state index contributed by atoms with van der Waals surface area (Å²) in [5.74, 6) is 1.41. The zero-order valence-electron chi connectivity index (χ0n) is 15.9. The number of nitrogens with zero attached hydrogens (tertiary/aromatic N) is 4. The molecule has 1 aromatic heterocycles. The normalized spacial score (nSPS) is 16.8. The molecule has 2 heterocycles. The Bertz CT molecular complexity index is 847. The van der Waals surface area contributed by atoms with Crippen LogP contribution in [-0.4, -0.2) is 39.5 Å². The summed E-state index contributed by atoms with van der Waals surface area (Å²) in [4.78, 5) is 13.9. The smallest absolute Gasteiger partial charge is 0.410 e. The molecule has 1 aliphatic heterocycles. The standard InChI is InChI=1S/C20H24N4O3/c1-20(2,3)27-19(25)23-9-8-15(12-23)13-24-14-17(11-22-24)26-18-7-5-4-6-16(18)10-21/h4-7,11,14-15H,8-9,12-13H2,1-3H3. The van der Waals surface area contributed by atoms with E-state index in [4.69, 9.17) is 14.7 Å². The fourth-order valence-electron chi connectivity index (χ4n) is 3.01. The zero-order chi connectivity index (χ0) is 19.4. The van der Waals surface area contributed by atoms with Crippen LogP contribution in [-0.2, 0) is 11.3 Å². The number of hydrogen-bond donors (Lipinski definition) is 0. The number of amides is 1. The Morgan fingerprint density at radius 3 is 2.89 bits per heavy atom. The van der Waals surface area contributed by atoms with Gasteiger partial charge in [-0.1, -0.05) is 12.1 Å². The molecule has 1 aromatic carbocycles. The lowest BCUT2D eigenvalue weighted by Crippen LogP contribution is -2.35. The summed E-state index contributed by atoms with van der Waals surface area (Å²) >= 11 is 0. The van der Waals surface area contributed by atoms with Gasteiger partial charge in [0.05, 0.1) is 18.0 Å². The zero-order valence-corrected chi connectivity index (χ0v) is 15.9. The van der Waals surface area contributed by atoms with E-state index in [0.717, 1.165) is 6.42 Å². The molecule has 1 fully saturated rings. The first-order valence-electron chi connectivity index (χ1n) is 9.01. The summed E-state index contributed by atoms with van der Waals surface area (Å²) in [5, 5.41) is 13.5. The highest BCUT2D eigenvalue weighted by Crippen LogP contribution is 2.25. The quantitative estimate of drug-likeness (QED) is 0.820. The molecule has 142 valence electrons. The highest BCUT2D eigenvalue weighted by Gasteiger charge is 2.30. The van der Waals surface area contributed by atoms with E-state index in [0.29, 0.717) is 42.6 Å². The molecule has 0 spiro atoms. The molecule has 7 heteroatoms. The summed E-state index contributed by atoms with van der Waals surface area (Å²) in [6.07, 6.45) is 4.09. The van der Waals surface area contributed by atoms with Crippen molar-refractivity contribution in [1.29, 1.82) is 5.26 Å². The molecule has 2 aromatic rings. The Hall–Kier alpha value is -3.01. The van der Waals surface area contributed by atoms with Crippen LogP contribution in [0.1, 0.15) is 32.8 Å². The lowest BCUT2D eigenvalue weighted by Gasteiger charge is -2.24. The van der Waals surface area contributed by atoms with Crippen LogP contribution in [0, 0.1) is 17.2 Å². The molecular formula is C20H24N4O3. The van der Waals surface area contributed by atoms with Crippen LogP contribution in [0.15, 0.2) is 36.7 Å². The molecule has 1 unspecified atom stereocenters. The Labute approximate surface area is 159 Å². The number of ether oxygens (including phenoxy) is 2. The van der Waals surface area contributed by atoms with Gasteiger partial charge in [-0.15, -0.1) is 0 Å². The fraction of sp³-hybridized carbons (Fsp3) is 0.450. The number of rotatable bonds is 4. The molecule has 0 saturated carbocycles. The molecule has 1 saturated heterocycles. The summed E-state index contributed by atoms with van der Waals surface area (Å²) in [6.45, 7) is 7.65. The topological polar surface area (TPSA) is 80.4 Å². The van der Waals surface area contributed by atoms with Crippen LogP contribution >= 0.6 is 0 Å². The van der Waals surface area contributed by atoms with E-state index >= 15 is 0 Å². The van der Waals surface area contributed by atoms with E-state index in [2.05, 4.69) is 11.2 Å². The number of hydrogen-bond acceptors (Lipinski definition) is 5. The maximum atomic E-state index is 12.2. The molecule has 1 amide bonds. The van der Waals surface area contributed by atoms with Gasteiger partial charge in [-0.2, -0.15) is 10.4 Å². The van der Waals surface area contributed by atoms with Gasteiger partial charge in [0.25, 0.3) is 0 Å². The van der Waals surface area contributed by atoms with Crippen molar-refractivity contribution < 1.29 is 14.3 Å². The molecule has 0 N–H and O–H groups in total. The van der Waals surface area contributed by atoms with E-state index in [9.17, 15) is 4.79 Å². The molecule has 0 aliphatic carbocycles. The first kappa shape index (κ1) is 18.8. The van der Waals surface area contributed by atoms with Gasteiger partial charge in [-0.3, -0.25) is 4.68 Å². The van der Waals surface area contributed by atoms with E-state index in [1.165, 1.54) is 0 Å². The predicted octanol–water partition coefficient (Wildman–Crippen LogP) is 3.80. The molecule has 3 rings (SSSR count). The molecule has 7 nitrogen and oxygen atoms in total. The Balaban J connectivity index is 1.56. The van der Waals surface area contributed by atoms with Gasteiger partial charge >= 0.3 is 6.09 Å². The number of carbonyl (C=O) groups excluding carboxylic acids is 1. The third-order valence-corrected chi connectivity index (χ3v) is 4.23. The van der Waals surface area contributed by atoms with Crippen molar-refractivity contribution in [3.8, 4) is 17.6 Å². The summed E-state index contributed by atoms with van der Waals surface area (Å²) in [6, 6.07) is 9.20. The fourth-order valence-corrected chi connectivity index (χ4v) is 3.01. The van der Waals surface area contributed by atoms with Crippen LogP contribution < -0.4 is 4.74 Å². The minimum Gasteiger partial charge on any atom is -0.453 e. The maximum Gasteiger partial charge on any atom is 0.410 e. The van der Waals surface area contributed by atoms with Crippen LogP contribution in [0.5, 0.6) is 11.5 Å². The van der Waals surface area contributed by atoms with Crippen LogP contribution in [0.2, 0.25) is 0 Å². The third kappa shape index (κ3) is 5.00. The lowest BCUT2D eigenvalue weighted by molar-refractivity contribution is 0.0286. The van der Waals surface area contributed by atoms with E-state index in [-0.39, 0.29) is 6.09 Å². The van der Waals surface area contributed by atoms with Crippen LogP contribution in [0.4, 0.5) is 4.79 Å². The predicted molar refractivity (Wildman–Crippen MR) is 99.4 cm³/mol. The van der Waals surface area contributed by atoms with E-state index < -0.39 is 5.60 Å².